The number of nitrogens with zero attached hydrogens (tertiary/aromatic N) is 1. The molecule has 0 aromatic rings. The molecule has 0 unspecified atom stereocenters. The summed E-state index contributed by atoms with van der Waals surface area (Å²) in [5, 5.41) is 10.0. The normalized spacial score (nSPS) is 10.6. The molecular formula is C8H11NO2S. The van der Waals surface area contributed by atoms with Crippen LogP contribution < -0.4 is 0 Å². The van der Waals surface area contributed by atoms with E-state index < -0.39 is 5.97 Å². The third-order valence-corrected chi connectivity index (χ3v) is 1.72. The van der Waals surface area contributed by atoms with Gasteiger partial charge in [0.1, 0.15) is 11.6 Å². The Bertz CT molecular complexity index is 218. The topological polar surface area (TPSA) is 50.1 Å². The van der Waals surface area contributed by atoms with E-state index in [1.807, 2.05) is 6.92 Å². The highest BCUT2D eigenvalue weighted by atomic mass is 32.2. The third-order valence-electron chi connectivity index (χ3n) is 0.984. The van der Waals surface area contributed by atoms with Gasteiger partial charge in [-0.1, -0.05) is 6.92 Å². The molecule has 0 aromatic heterocycles. The van der Waals surface area contributed by atoms with Crippen molar-refractivity contribution in [3.8, 4) is 6.07 Å². The lowest BCUT2D eigenvalue weighted by molar-refractivity contribution is -0.137. The fourth-order valence-electron chi connectivity index (χ4n) is 0.496. The van der Waals surface area contributed by atoms with E-state index in [9.17, 15) is 4.79 Å². The summed E-state index contributed by atoms with van der Waals surface area (Å²) in [7, 11) is 0. The number of rotatable bonds is 4. The second kappa shape index (κ2) is 6.74. The van der Waals surface area contributed by atoms with Gasteiger partial charge in [-0.3, -0.25) is 0 Å². The van der Waals surface area contributed by atoms with Crippen molar-refractivity contribution in [2.75, 3.05) is 12.4 Å². The molecule has 0 fully saturated rings. The Morgan fingerprint density at radius 3 is 2.75 bits per heavy atom. The first-order valence-electron chi connectivity index (χ1n) is 3.65. The molecular weight excluding hydrogens is 174 g/mol. The van der Waals surface area contributed by atoms with E-state index in [0.29, 0.717) is 6.61 Å². The Morgan fingerprint density at radius 2 is 2.33 bits per heavy atom. The molecule has 0 aromatic carbocycles. The summed E-state index contributed by atoms with van der Waals surface area (Å²) in [5.41, 5.74) is 0.0729. The second-order valence-electron chi connectivity index (χ2n) is 1.82. The van der Waals surface area contributed by atoms with Crippen molar-refractivity contribution in [1.82, 2.24) is 0 Å². The highest BCUT2D eigenvalue weighted by Gasteiger charge is 2.08. The van der Waals surface area contributed by atoms with E-state index in [1.165, 1.54) is 17.2 Å². The van der Waals surface area contributed by atoms with Crippen LogP contribution in [0.5, 0.6) is 0 Å². The van der Waals surface area contributed by atoms with Crippen LogP contribution >= 0.6 is 11.8 Å². The van der Waals surface area contributed by atoms with E-state index in [0.717, 1.165) is 5.75 Å². The molecule has 12 heavy (non-hydrogen) atoms. The predicted molar refractivity (Wildman–Crippen MR) is 48.5 cm³/mol. The molecule has 66 valence electrons. The first-order valence-corrected chi connectivity index (χ1v) is 4.70. The van der Waals surface area contributed by atoms with Crippen LogP contribution in [0.15, 0.2) is 11.0 Å². The molecule has 0 N–H and O–H groups in total. The van der Waals surface area contributed by atoms with Gasteiger partial charge in [-0.15, -0.1) is 11.8 Å². The number of carbonyl (C=O) groups excluding carboxylic acids is 1. The zero-order valence-corrected chi connectivity index (χ0v) is 7.98. The fourth-order valence-corrected chi connectivity index (χ4v) is 0.978. The summed E-state index contributed by atoms with van der Waals surface area (Å²) in [6.45, 7) is 3.95. The molecule has 0 aliphatic heterocycles. The number of thioether (sulfide) groups is 1. The van der Waals surface area contributed by atoms with Crippen molar-refractivity contribution in [2.24, 2.45) is 0 Å². The average molecular weight is 185 g/mol. The standard InChI is InChI=1S/C8H11NO2S/c1-3-11-8(10)7(5-9)6-12-4-2/h6H,3-4H2,1-2H3/b7-6+. The van der Waals surface area contributed by atoms with E-state index in [4.69, 9.17) is 5.26 Å². The minimum atomic E-state index is -0.541. The lowest BCUT2D eigenvalue weighted by atomic mass is 10.3. The van der Waals surface area contributed by atoms with Crippen LogP contribution in [-0.4, -0.2) is 18.3 Å². The SMILES string of the molecule is CCOC(=O)/C(C#N)=C/SCC. The number of ether oxygens (including phenoxy) is 1. The molecule has 0 bridgehead atoms. The van der Waals surface area contributed by atoms with Crippen LogP contribution in [0.4, 0.5) is 0 Å². The van der Waals surface area contributed by atoms with Crippen molar-refractivity contribution in [3.05, 3.63) is 11.0 Å². The van der Waals surface area contributed by atoms with Gasteiger partial charge in [0.05, 0.1) is 6.61 Å². The Hall–Kier alpha value is -0.950. The maximum Gasteiger partial charge on any atom is 0.349 e. The van der Waals surface area contributed by atoms with Crippen molar-refractivity contribution in [3.63, 3.8) is 0 Å². The van der Waals surface area contributed by atoms with E-state index in [-0.39, 0.29) is 5.57 Å². The number of esters is 1. The minimum absolute atomic E-state index is 0.0729. The minimum Gasteiger partial charge on any atom is -0.462 e. The molecule has 0 saturated heterocycles. The van der Waals surface area contributed by atoms with Crippen molar-refractivity contribution < 1.29 is 9.53 Å². The van der Waals surface area contributed by atoms with Crippen LogP contribution in [0, 0.1) is 11.3 Å². The van der Waals surface area contributed by atoms with Crippen molar-refractivity contribution >= 4 is 17.7 Å². The Morgan fingerprint density at radius 1 is 1.67 bits per heavy atom. The Balaban J connectivity index is 4.16. The average Bonchev–Trinajstić information content (AvgIpc) is 2.06. The lowest BCUT2D eigenvalue weighted by Gasteiger charge is -1.97. The maximum absolute atomic E-state index is 11.0. The van der Waals surface area contributed by atoms with E-state index in [2.05, 4.69) is 4.74 Å². The van der Waals surface area contributed by atoms with E-state index in [1.54, 1.807) is 13.0 Å². The number of hydrogen-bond acceptors (Lipinski definition) is 4. The molecule has 0 radical (unpaired) electrons. The molecule has 0 spiro atoms. The zero-order chi connectivity index (χ0) is 9.40. The van der Waals surface area contributed by atoms with Gasteiger partial charge in [0.2, 0.25) is 0 Å². The van der Waals surface area contributed by atoms with Gasteiger partial charge < -0.3 is 4.74 Å². The van der Waals surface area contributed by atoms with Gasteiger partial charge in [0.15, 0.2) is 0 Å². The molecule has 0 amide bonds. The monoisotopic (exact) mass is 185 g/mol. The highest BCUT2D eigenvalue weighted by molar-refractivity contribution is 8.02. The zero-order valence-electron chi connectivity index (χ0n) is 7.16. The van der Waals surface area contributed by atoms with Crippen LogP contribution in [0.25, 0.3) is 0 Å². The number of carbonyl (C=O) groups is 1. The Kier molecular flexibility index (Phi) is 6.21. The molecule has 0 heterocycles. The van der Waals surface area contributed by atoms with Gasteiger partial charge >= 0.3 is 5.97 Å². The van der Waals surface area contributed by atoms with Gasteiger partial charge in [0, 0.05) is 0 Å². The summed E-state index contributed by atoms with van der Waals surface area (Å²) in [5.74, 6) is 0.297. The molecule has 3 nitrogen and oxygen atoms in total. The first kappa shape index (κ1) is 11.1. The lowest BCUT2D eigenvalue weighted by Crippen LogP contribution is -2.05. The summed E-state index contributed by atoms with van der Waals surface area (Å²) >= 11 is 1.41. The quantitative estimate of drug-likeness (QED) is 0.380. The smallest absolute Gasteiger partial charge is 0.349 e. The largest absolute Gasteiger partial charge is 0.462 e. The van der Waals surface area contributed by atoms with Crippen molar-refractivity contribution in [1.29, 1.82) is 5.26 Å². The van der Waals surface area contributed by atoms with Crippen LogP contribution in [0.3, 0.4) is 0 Å². The van der Waals surface area contributed by atoms with Gasteiger partial charge in [0.25, 0.3) is 0 Å². The molecule has 4 heteroatoms. The Labute approximate surface area is 76.4 Å². The number of nitriles is 1. The van der Waals surface area contributed by atoms with Crippen LogP contribution in [-0.2, 0) is 9.53 Å². The van der Waals surface area contributed by atoms with E-state index >= 15 is 0 Å². The summed E-state index contributed by atoms with van der Waals surface area (Å²) in [6, 6.07) is 1.79. The summed E-state index contributed by atoms with van der Waals surface area (Å²) in [6.07, 6.45) is 0. The fraction of sp³-hybridized carbons (Fsp3) is 0.500. The molecule has 0 saturated carbocycles. The molecule has 0 rings (SSSR count). The van der Waals surface area contributed by atoms with Crippen LogP contribution in [0.2, 0.25) is 0 Å². The second-order valence-corrected chi connectivity index (χ2v) is 2.97. The molecule has 0 aliphatic carbocycles. The first-order chi connectivity index (χ1) is 5.76. The molecule has 0 aliphatic rings. The summed E-state index contributed by atoms with van der Waals surface area (Å²) < 4.78 is 4.65. The van der Waals surface area contributed by atoms with Gasteiger partial charge in [-0.05, 0) is 18.1 Å². The van der Waals surface area contributed by atoms with Gasteiger partial charge in [-0.25, -0.2) is 4.79 Å². The highest BCUT2D eigenvalue weighted by Crippen LogP contribution is 2.07. The van der Waals surface area contributed by atoms with Crippen molar-refractivity contribution in [2.45, 2.75) is 13.8 Å². The third kappa shape index (κ3) is 4.04. The number of hydrogen-bond donors (Lipinski definition) is 0. The molecule has 0 atom stereocenters. The summed E-state index contributed by atoms with van der Waals surface area (Å²) in [4.78, 5) is 11.0. The maximum atomic E-state index is 11.0. The predicted octanol–water partition coefficient (Wildman–Crippen LogP) is 1.71. The van der Waals surface area contributed by atoms with Gasteiger partial charge in [-0.2, -0.15) is 5.26 Å². The van der Waals surface area contributed by atoms with Crippen LogP contribution in [0.1, 0.15) is 13.8 Å².